The van der Waals surface area contributed by atoms with Gasteiger partial charge in [-0.1, -0.05) is 23.8 Å². The minimum absolute atomic E-state index is 0.0557. The van der Waals surface area contributed by atoms with Crippen molar-refractivity contribution >= 4 is 23.6 Å². The number of carbonyl (C=O) groups excluding carboxylic acids is 2. The molecule has 2 fully saturated rings. The molecule has 1 spiro atoms. The highest BCUT2D eigenvalue weighted by Crippen LogP contribution is 2.68. The van der Waals surface area contributed by atoms with Crippen molar-refractivity contribution < 1.29 is 38.8 Å². The fourth-order valence-corrected chi connectivity index (χ4v) is 7.34. The van der Waals surface area contributed by atoms with Crippen LogP contribution in [-0.4, -0.2) is 50.7 Å². The molecule has 1 saturated carbocycles. The van der Waals surface area contributed by atoms with E-state index in [2.05, 4.69) is 0 Å². The number of hydrogen-bond acceptors (Lipinski definition) is 7. The van der Waals surface area contributed by atoms with Crippen molar-refractivity contribution in [3.8, 4) is 17.2 Å². The van der Waals surface area contributed by atoms with E-state index in [4.69, 9.17) is 14.2 Å². The Morgan fingerprint density at radius 1 is 1.15 bits per heavy atom. The summed E-state index contributed by atoms with van der Waals surface area (Å²) in [7, 11) is 0. The maximum Gasteiger partial charge on any atom is 0.330 e. The average molecular weight is 547 g/mol. The van der Waals surface area contributed by atoms with E-state index in [1.54, 1.807) is 12.2 Å². The monoisotopic (exact) mass is 546 g/mol. The van der Waals surface area contributed by atoms with Crippen LogP contribution in [0, 0.1) is 11.8 Å². The van der Waals surface area contributed by atoms with Gasteiger partial charge in [0.25, 0.3) is 0 Å². The van der Waals surface area contributed by atoms with Crippen LogP contribution in [0.2, 0.25) is 0 Å². The third-order valence-corrected chi connectivity index (χ3v) is 9.19. The largest absolute Gasteiger partial charge is 0.506 e. The van der Waals surface area contributed by atoms with Crippen LogP contribution < -0.4 is 9.47 Å². The number of allylic oxidation sites excluding steroid dienone is 3. The normalized spacial score (nSPS) is 32.4. The van der Waals surface area contributed by atoms with Crippen molar-refractivity contribution in [3.05, 3.63) is 57.7 Å². The number of carbonyl (C=O) groups is 3. The van der Waals surface area contributed by atoms with Crippen molar-refractivity contribution in [1.29, 1.82) is 0 Å². The molecule has 1 saturated heterocycles. The topological polar surface area (TPSA) is 119 Å². The molecule has 7 rings (SSSR count). The molecule has 40 heavy (non-hydrogen) atoms. The number of carboxylic acid groups (broad SMARTS) is 1. The molecule has 8 nitrogen and oxygen atoms in total. The van der Waals surface area contributed by atoms with Gasteiger partial charge in [0.15, 0.2) is 22.8 Å². The summed E-state index contributed by atoms with van der Waals surface area (Å²) in [4.78, 5) is 40.2. The lowest BCUT2D eigenvalue weighted by Crippen LogP contribution is -2.72. The Morgan fingerprint density at radius 2 is 1.88 bits per heavy atom. The van der Waals surface area contributed by atoms with Crippen molar-refractivity contribution in [3.63, 3.8) is 0 Å². The van der Waals surface area contributed by atoms with Gasteiger partial charge >= 0.3 is 5.97 Å². The fourth-order valence-electron chi connectivity index (χ4n) is 7.34. The van der Waals surface area contributed by atoms with Crippen LogP contribution in [0.15, 0.2) is 41.0 Å². The van der Waals surface area contributed by atoms with Gasteiger partial charge in [0, 0.05) is 35.0 Å². The molecule has 3 aliphatic carbocycles. The van der Waals surface area contributed by atoms with Gasteiger partial charge in [-0.05, 0) is 66.5 Å². The molecule has 1 aromatic rings. The van der Waals surface area contributed by atoms with Gasteiger partial charge in [-0.3, -0.25) is 9.59 Å². The number of phenols is 1. The Bertz CT molecular complexity index is 1520. The van der Waals surface area contributed by atoms with Crippen LogP contribution in [0.5, 0.6) is 17.2 Å². The molecule has 6 aliphatic rings. The van der Waals surface area contributed by atoms with E-state index >= 15 is 0 Å². The summed E-state index contributed by atoms with van der Waals surface area (Å²) in [6.45, 7) is 11.1. The number of ether oxygens (including phenoxy) is 3. The van der Waals surface area contributed by atoms with E-state index in [1.807, 2.05) is 46.8 Å². The molecule has 3 aliphatic heterocycles. The van der Waals surface area contributed by atoms with Crippen molar-refractivity contribution in [2.75, 3.05) is 0 Å². The Kier molecular flexibility index (Phi) is 5.60. The number of aromatic hydroxyl groups is 1. The average Bonchev–Trinajstić information content (AvgIpc) is 3.03. The Hall–Kier alpha value is -3.65. The highest BCUT2D eigenvalue weighted by molar-refractivity contribution is 6.19. The number of Topliss-reactive ketones (excluding diaryl/α,β-unsaturated/α-hetero) is 2. The SMILES string of the molecule is CC(C)=CCc1c2c(c(O)c3c1O[C@]14C(=C[C@@H]5C[C@H]1C(C)(C)O[C@@]4(C/C=C(\C)C(=O)O)C5=O)C3=O)C=C[C@@H](C)O2. The van der Waals surface area contributed by atoms with Crippen molar-refractivity contribution in [2.24, 2.45) is 11.8 Å². The second-order valence-electron chi connectivity index (χ2n) is 12.4. The molecule has 8 heteroatoms. The van der Waals surface area contributed by atoms with E-state index in [9.17, 15) is 24.6 Å². The van der Waals surface area contributed by atoms with Gasteiger partial charge in [0.05, 0.1) is 11.2 Å². The molecule has 210 valence electrons. The number of hydrogen-bond donors (Lipinski definition) is 2. The van der Waals surface area contributed by atoms with Gasteiger partial charge in [0.2, 0.25) is 0 Å². The molecular weight excluding hydrogens is 512 g/mol. The lowest BCUT2D eigenvalue weighted by molar-refractivity contribution is -0.171. The van der Waals surface area contributed by atoms with Crippen molar-refractivity contribution in [2.45, 2.75) is 83.7 Å². The van der Waals surface area contributed by atoms with Gasteiger partial charge in [-0.2, -0.15) is 0 Å². The zero-order chi connectivity index (χ0) is 28.9. The Balaban J connectivity index is 1.65. The molecule has 0 aromatic heterocycles. The predicted molar refractivity (Wildman–Crippen MR) is 147 cm³/mol. The predicted octanol–water partition coefficient (Wildman–Crippen LogP) is 5.12. The van der Waals surface area contributed by atoms with Gasteiger partial charge in [-0.25, -0.2) is 4.79 Å². The second-order valence-corrected chi connectivity index (χ2v) is 12.4. The molecule has 0 amide bonds. The smallest absolute Gasteiger partial charge is 0.330 e. The standard InChI is InChI=1S/C32H34O8/c1-15(2)7-9-20-26-19(10-8-17(4)38-26)24(33)23-25(34)21-13-18-14-22-30(5,6)40-31(28(18)35,12-11-16(3)29(36)37)32(21,22)39-27(20)23/h7-8,10-11,13,17-18,22,33H,9,12,14H2,1-6H3,(H,36,37)/b16-11+/t17-,18-,22+,31+,32-/m1/s1. The van der Waals surface area contributed by atoms with E-state index in [-0.39, 0.29) is 46.9 Å². The van der Waals surface area contributed by atoms with E-state index in [0.29, 0.717) is 35.3 Å². The minimum atomic E-state index is -1.61. The van der Waals surface area contributed by atoms with E-state index in [0.717, 1.165) is 5.57 Å². The number of aliphatic carboxylic acids is 1. The second kappa shape index (κ2) is 8.43. The first-order valence-electron chi connectivity index (χ1n) is 13.8. The van der Waals surface area contributed by atoms with Crippen LogP contribution in [0.1, 0.15) is 75.9 Å². The number of ketones is 2. The molecule has 4 bridgehead atoms. The lowest BCUT2D eigenvalue weighted by atomic mass is 9.51. The number of carboxylic acids is 1. The molecule has 0 radical (unpaired) electrons. The summed E-state index contributed by atoms with van der Waals surface area (Å²) in [6.07, 6.45) is 9.26. The summed E-state index contributed by atoms with van der Waals surface area (Å²) in [6, 6.07) is 0. The lowest BCUT2D eigenvalue weighted by Gasteiger charge is -2.56. The molecule has 5 atom stereocenters. The maximum atomic E-state index is 14.5. The third kappa shape index (κ3) is 3.25. The molecule has 1 aromatic carbocycles. The zero-order valence-corrected chi connectivity index (χ0v) is 23.6. The third-order valence-electron chi connectivity index (χ3n) is 9.19. The molecule has 0 unspecified atom stereocenters. The first-order valence-corrected chi connectivity index (χ1v) is 13.8. The first kappa shape index (κ1) is 26.6. The van der Waals surface area contributed by atoms with Gasteiger partial charge in [-0.15, -0.1) is 0 Å². The Labute approximate surface area is 233 Å². The molecule has 2 N–H and O–H groups in total. The van der Waals surface area contributed by atoms with Crippen LogP contribution in [0.4, 0.5) is 0 Å². The van der Waals surface area contributed by atoms with E-state index < -0.39 is 34.5 Å². The van der Waals surface area contributed by atoms with Crippen LogP contribution >= 0.6 is 0 Å². The van der Waals surface area contributed by atoms with E-state index in [1.165, 1.54) is 13.0 Å². The summed E-state index contributed by atoms with van der Waals surface area (Å²) in [5, 5.41) is 21.0. The summed E-state index contributed by atoms with van der Waals surface area (Å²) >= 11 is 0. The van der Waals surface area contributed by atoms with Crippen LogP contribution in [-0.2, 0) is 20.7 Å². The van der Waals surface area contributed by atoms with Crippen LogP contribution in [0.25, 0.3) is 6.08 Å². The number of benzene rings is 1. The number of fused-ring (bicyclic) bond motifs is 2. The first-order chi connectivity index (χ1) is 18.7. The number of rotatable bonds is 5. The highest BCUT2D eigenvalue weighted by Gasteiger charge is 2.81. The zero-order valence-electron chi connectivity index (χ0n) is 23.6. The fraction of sp³-hybridized carbons (Fsp3) is 0.469. The minimum Gasteiger partial charge on any atom is -0.506 e. The molecule has 3 heterocycles. The summed E-state index contributed by atoms with van der Waals surface area (Å²) < 4.78 is 19.8. The maximum absolute atomic E-state index is 14.5. The number of phenolic OH excluding ortho intramolecular Hbond substituents is 1. The van der Waals surface area contributed by atoms with Gasteiger partial charge < -0.3 is 24.4 Å². The summed E-state index contributed by atoms with van der Waals surface area (Å²) in [5.74, 6) is -2.25. The quantitative estimate of drug-likeness (QED) is 0.386. The summed E-state index contributed by atoms with van der Waals surface area (Å²) in [5.41, 5.74) is -1.42. The van der Waals surface area contributed by atoms with Crippen LogP contribution in [0.3, 0.4) is 0 Å². The van der Waals surface area contributed by atoms with Crippen molar-refractivity contribution in [1.82, 2.24) is 0 Å². The Morgan fingerprint density at radius 3 is 2.55 bits per heavy atom. The molecular formula is C32H34O8. The highest BCUT2D eigenvalue weighted by atomic mass is 16.6. The van der Waals surface area contributed by atoms with Gasteiger partial charge in [0.1, 0.15) is 28.9 Å².